The van der Waals surface area contributed by atoms with Crippen LogP contribution in [0.3, 0.4) is 0 Å². The molecule has 9 heteroatoms. The highest BCUT2D eigenvalue weighted by molar-refractivity contribution is 7.99. The molecule has 2 aromatic heterocycles. The molecule has 0 fully saturated rings. The Kier molecular flexibility index (Phi) is 5.83. The summed E-state index contributed by atoms with van der Waals surface area (Å²) in [5.74, 6) is 2.25. The summed E-state index contributed by atoms with van der Waals surface area (Å²) in [5, 5.41) is 14.5. The average Bonchev–Trinajstić information content (AvgIpc) is 3.58. The molecule has 0 saturated carbocycles. The van der Waals surface area contributed by atoms with Gasteiger partial charge in [-0.1, -0.05) is 36.0 Å². The first-order valence-electron chi connectivity index (χ1n) is 10.1. The summed E-state index contributed by atoms with van der Waals surface area (Å²) in [5.41, 5.74) is 1.77. The van der Waals surface area contributed by atoms with Crippen molar-refractivity contribution in [2.45, 2.75) is 18.1 Å². The average molecular weight is 465 g/mol. The van der Waals surface area contributed by atoms with E-state index < -0.39 is 0 Å². The van der Waals surface area contributed by atoms with Crippen molar-refractivity contribution in [3.05, 3.63) is 70.9 Å². The van der Waals surface area contributed by atoms with Crippen LogP contribution < -0.4 is 14.8 Å². The van der Waals surface area contributed by atoms with E-state index in [-0.39, 0.29) is 24.5 Å². The number of carbonyl (C=O) groups excluding carboxylic acids is 1. The smallest absolute Gasteiger partial charge is 0.231 e. The third kappa shape index (κ3) is 4.21. The fourth-order valence-corrected chi connectivity index (χ4v) is 4.92. The zero-order valence-electron chi connectivity index (χ0n) is 17.2. The molecule has 0 bridgehead atoms. The maximum atomic E-state index is 12.6. The normalized spacial score (nSPS) is 13.2. The van der Waals surface area contributed by atoms with Crippen LogP contribution in [0.25, 0.3) is 17.1 Å². The summed E-state index contributed by atoms with van der Waals surface area (Å²) in [4.78, 5) is 13.7. The number of amides is 1. The molecule has 0 radical (unpaired) electrons. The molecule has 0 aliphatic carbocycles. The molecule has 162 valence electrons. The molecular formula is C23H20N4O3S2. The topological polar surface area (TPSA) is 78.3 Å². The molecule has 7 nitrogen and oxygen atoms in total. The van der Waals surface area contributed by atoms with Crippen LogP contribution in [0.15, 0.2) is 71.2 Å². The van der Waals surface area contributed by atoms with E-state index in [4.69, 9.17) is 9.47 Å². The first kappa shape index (κ1) is 20.6. The summed E-state index contributed by atoms with van der Waals surface area (Å²) in [7, 11) is 0. The second kappa shape index (κ2) is 9.05. The Bertz CT molecular complexity index is 1230. The number of thioether (sulfide) groups is 1. The molecule has 3 heterocycles. The van der Waals surface area contributed by atoms with E-state index in [0.717, 1.165) is 16.1 Å². The molecule has 1 unspecified atom stereocenters. The van der Waals surface area contributed by atoms with Gasteiger partial charge in [0.1, 0.15) is 0 Å². The standard InChI is InChI=1S/C23H20N4O3S2/c1-15(20-8-5-11-31-20)24-21(28)13-32-23-26-25-22(27(23)17-6-3-2-4-7-17)16-9-10-18-19(12-16)30-14-29-18/h2-12,15H,13-14H2,1H3,(H,24,28). The first-order valence-corrected chi connectivity index (χ1v) is 11.9. The number of hydrogen-bond acceptors (Lipinski definition) is 7. The van der Waals surface area contributed by atoms with Gasteiger partial charge in [0, 0.05) is 16.1 Å². The lowest BCUT2D eigenvalue weighted by atomic mass is 10.2. The Hall–Kier alpha value is -3.30. The Morgan fingerprint density at radius 3 is 2.78 bits per heavy atom. The molecule has 0 saturated heterocycles. The van der Waals surface area contributed by atoms with E-state index in [1.54, 1.807) is 11.3 Å². The van der Waals surface area contributed by atoms with Gasteiger partial charge in [-0.05, 0) is 48.7 Å². The summed E-state index contributed by atoms with van der Waals surface area (Å²) < 4.78 is 12.9. The number of thiophene rings is 1. The van der Waals surface area contributed by atoms with E-state index in [1.165, 1.54) is 11.8 Å². The van der Waals surface area contributed by atoms with Gasteiger partial charge in [0.25, 0.3) is 0 Å². The Morgan fingerprint density at radius 1 is 1.12 bits per heavy atom. The first-order chi connectivity index (χ1) is 15.7. The lowest BCUT2D eigenvalue weighted by Crippen LogP contribution is -2.27. The molecule has 1 amide bonds. The number of nitrogens with zero attached hydrogens (tertiary/aromatic N) is 3. The number of carbonyl (C=O) groups is 1. The van der Waals surface area contributed by atoms with Crippen molar-refractivity contribution in [2.24, 2.45) is 0 Å². The van der Waals surface area contributed by atoms with E-state index in [1.807, 2.05) is 77.5 Å². The molecule has 32 heavy (non-hydrogen) atoms. The number of fused-ring (bicyclic) bond motifs is 1. The highest BCUT2D eigenvalue weighted by atomic mass is 32.2. The second-order valence-electron chi connectivity index (χ2n) is 7.14. The number of nitrogens with one attached hydrogen (secondary N) is 1. The number of ether oxygens (including phenoxy) is 2. The zero-order chi connectivity index (χ0) is 21.9. The van der Waals surface area contributed by atoms with Gasteiger partial charge in [-0.25, -0.2) is 0 Å². The van der Waals surface area contributed by atoms with Crippen molar-refractivity contribution in [1.82, 2.24) is 20.1 Å². The van der Waals surface area contributed by atoms with Crippen LogP contribution in [-0.4, -0.2) is 33.2 Å². The summed E-state index contributed by atoms with van der Waals surface area (Å²) >= 11 is 2.98. The SMILES string of the molecule is CC(NC(=O)CSc1nnc(-c2ccc3c(c2)OCO3)n1-c1ccccc1)c1cccs1. The van der Waals surface area contributed by atoms with Crippen LogP contribution in [0.1, 0.15) is 17.8 Å². The van der Waals surface area contributed by atoms with Crippen molar-refractivity contribution in [3.63, 3.8) is 0 Å². The Labute approximate surface area is 193 Å². The van der Waals surface area contributed by atoms with E-state index >= 15 is 0 Å². The van der Waals surface area contributed by atoms with Crippen LogP contribution in [-0.2, 0) is 4.79 Å². The number of aromatic nitrogens is 3. The van der Waals surface area contributed by atoms with Crippen LogP contribution >= 0.6 is 23.1 Å². The van der Waals surface area contributed by atoms with Gasteiger partial charge in [0.2, 0.25) is 12.7 Å². The van der Waals surface area contributed by atoms with Crippen LogP contribution in [0.2, 0.25) is 0 Å². The largest absolute Gasteiger partial charge is 0.454 e. The lowest BCUT2D eigenvalue weighted by molar-refractivity contribution is -0.119. The summed E-state index contributed by atoms with van der Waals surface area (Å²) in [6.45, 7) is 2.20. The quantitative estimate of drug-likeness (QED) is 0.400. The molecule has 0 spiro atoms. The summed E-state index contributed by atoms with van der Waals surface area (Å²) in [6, 6.07) is 19.5. The minimum Gasteiger partial charge on any atom is -0.454 e. The molecular weight excluding hydrogens is 444 g/mol. The van der Waals surface area contributed by atoms with E-state index in [9.17, 15) is 4.79 Å². The number of benzene rings is 2. The second-order valence-corrected chi connectivity index (χ2v) is 9.06. The Balaban J connectivity index is 1.40. The van der Waals surface area contributed by atoms with Crippen molar-refractivity contribution in [2.75, 3.05) is 12.5 Å². The van der Waals surface area contributed by atoms with Gasteiger partial charge in [-0.2, -0.15) is 0 Å². The van der Waals surface area contributed by atoms with Gasteiger partial charge >= 0.3 is 0 Å². The van der Waals surface area contributed by atoms with E-state index in [2.05, 4.69) is 15.5 Å². The monoisotopic (exact) mass is 464 g/mol. The van der Waals surface area contributed by atoms with Gasteiger partial charge in [0.15, 0.2) is 22.5 Å². The van der Waals surface area contributed by atoms with Gasteiger partial charge in [0.05, 0.1) is 11.8 Å². The van der Waals surface area contributed by atoms with Crippen molar-refractivity contribution in [1.29, 1.82) is 0 Å². The fraction of sp³-hybridized carbons (Fsp3) is 0.174. The summed E-state index contributed by atoms with van der Waals surface area (Å²) in [6.07, 6.45) is 0. The maximum absolute atomic E-state index is 12.6. The number of rotatable bonds is 7. The molecule has 2 aromatic carbocycles. The predicted molar refractivity (Wildman–Crippen MR) is 125 cm³/mol. The maximum Gasteiger partial charge on any atom is 0.231 e. The van der Waals surface area contributed by atoms with Gasteiger partial charge in [-0.3, -0.25) is 9.36 Å². The molecule has 1 aliphatic heterocycles. The van der Waals surface area contributed by atoms with Crippen molar-refractivity contribution < 1.29 is 14.3 Å². The van der Waals surface area contributed by atoms with Crippen LogP contribution in [0, 0.1) is 0 Å². The number of para-hydroxylation sites is 1. The fourth-order valence-electron chi connectivity index (χ4n) is 3.42. The lowest BCUT2D eigenvalue weighted by Gasteiger charge is -2.13. The third-order valence-electron chi connectivity index (χ3n) is 4.96. The van der Waals surface area contributed by atoms with Crippen molar-refractivity contribution >= 4 is 29.0 Å². The zero-order valence-corrected chi connectivity index (χ0v) is 18.9. The molecule has 5 rings (SSSR count). The van der Waals surface area contributed by atoms with Gasteiger partial charge < -0.3 is 14.8 Å². The highest BCUT2D eigenvalue weighted by Crippen LogP contribution is 2.37. The Morgan fingerprint density at radius 2 is 1.97 bits per heavy atom. The molecule has 1 atom stereocenters. The molecule has 1 N–H and O–H groups in total. The van der Waals surface area contributed by atoms with Crippen molar-refractivity contribution in [3.8, 4) is 28.6 Å². The van der Waals surface area contributed by atoms with Crippen LogP contribution in [0.4, 0.5) is 0 Å². The third-order valence-corrected chi connectivity index (χ3v) is 6.94. The van der Waals surface area contributed by atoms with Crippen LogP contribution in [0.5, 0.6) is 11.5 Å². The molecule has 1 aliphatic rings. The van der Waals surface area contributed by atoms with E-state index in [0.29, 0.717) is 22.5 Å². The van der Waals surface area contributed by atoms with Gasteiger partial charge in [-0.15, -0.1) is 21.5 Å². The number of hydrogen-bond donors (Lipinski definition) is 1. The molecule has 4 aromatic rings. The minimum absolute atomic E-state index is 0.0284. The predicted octanol–water partition coefficient (Wildman–Crippen LogP) is 4.69. The highest BCUT2D eigenvalue weighted by Gasteiger charge is 2.21. The minimum atomic E-state index is -0.0526.